The van der Waals surface area contributed by atoms with Gasteiger partial charge in [0.05, 0.1) is 0 Å². The van der Waals surface area contributed by atoms with E-state index in [1.165, 1.54) is 0 Å². The average Bonchev–Trinajstić information content (AvgIpc) is 2.55. The highest BCUT2D eigenvalue weighted by molar-refractivity contribution is 5.78. The van der Waals surface area contributed by atoms with E-state index in [2.05, 4.69) is 17.3 Å². The summed E-state index contributed by atoms with van der Waals surface area (Å²) in [6.07, 6.45) is 0. The maximum Gasteiger partial charge on any atom is 0.225 e. The van der Waals surface area contributed by atoms with Gasteiger partial charge in [0, 0.05) is 64.2 Å². The number of nitrogens with one attached hydrogen (secondary N) is 1. The molecule has 0 spiro atoms. The summed E-state index contributed by atoms with van der Waals surface area (Å²) in [5.41, 5.74) is 0. The molecule has 0 aromatic carbocycles. The third kappa shape index (κ3) is 7.62. The lowest BCUT2D eigenvalue weighted by Crippen LogP contribution is -2.48. The minimum absolute atomic E-state index is 0. The van der Waals surface area contributed by atoms with Gasteiger partial charge in [-0.15, -0.1) is 0 Å². The van der Waals surface area contributed by atoms with Crippen LogP contribution in [0.3, 0.4) is 0 Å². The molecule has 0 aromatic heterocycles. The van der Waals surface area contributed by atoms with Gasteiger partial charge in [-0.1, -0.05) is 35.1 Å². The quantitative estimate of drug-likeness (QED) is 0.817. The van der Waals surface area contributed by atoms with Crippen LogP contribution in [0, 0.1) is 11.8 Å². The fourth-order valence-corrected chi connectivity index (χ4v) is 2.64. The molecule has 2 rings (SSSR count). The van der Waals surface area contributed by atoms with Crippen molar-refractivity contribution < 1.29 is 9.59 Å². The second kappa shape index (κ2) is 11.4. The highest BCUT2D eigenvalue weighted by Crippen LogP contribution is 2.05. The maximum atomic E-state index is 11.5. The molecule has 2 aliphatic heterocycles. The van der Waals surface area contributed by atoms with Crippen LogP contribution in [0.2, 0.25) is 0 Å². The Hall–Kier alpha value is -1.14. The van der Waals surface area contributed by atoms with Crippen LogP contribution in [-0.2, 0) is 9.59 Å². The molecule has 6 heteroatoms. The van der Waals surface area contributed by atoms with E-state index in [1.54, 1.807) is 0 Å². The van der Waals surface area contributed by atoms with Gasteiger partial charge >= 0.3 is 0 Å². The van der Waals surface area contributed by atoms with Crippen molar-refractivity contribution in [1.29, 1.82) is 0 Å². The first kappa shape index (κ1) is 22.9. The van der Waals surface area contributed by atoms with E-state index in [-0.39, 0.29) is 25.2 Å². The number of nitrogens with zero attached hydrogens (tertiary/aromatic N) is 3. The third-order valence-corrected chi connectivity index (χ3v) is 4.23. The zero-order valence-electron chi connectivity index (χ0n) is 15.5. The van der Waals surface area contributed by atoms with Gasteiger partial charge in [-0.2, -0.15) is 0 Å². The van der Waals surface area contributed by atoms with Gasteiger partial charge in [0.25, 0.3) is 0 Å². The highest BCUT2D eigenvalue weighted by atomic mass is 16.2. The van der Waals surface area contributed by atoms with Crippen LogP contribution in [0.1, 0.15) is 35.1 Å². The van der Waals surface area contributed by atoms with Gasteiger partial charge in [0.1, 0.15) is 0 Å². The first-order valence-electron chi connectivity index (χ1n) is 8.79. The second-order valence-electron chi connectivity index (χ2n) is 7.01. The summed E-state index contributed by atoms with van der Waals surface area (Å²) in [6, 6.07) is 0. The van der Waals surface area contributed by atoms with Crippen molar-refractivity contribution in [2.45, 2.75) is 35.1 Å². The van der Waals surface area contributed by atoms with E-state index in [9.17, 15) is 9.59 Å². The molecule has 2 heterocycles. The van der Waals surface area contributed by atoms with Crippen molar-refractivity contribution in [3.05, 3.63) is 0 Å². The number of hydrogen-bond acceptors (Lipinski definition) is 4. The van der Waals surface area contributed by atoms with Gasteiger partial charge in [-0.3, -0.25) is 9.59 Å². The monoisotopic (exact) mass is 342 g/mol. The predicted octanol–water partition coefficient (Wildman–Crippen LogP) is 1.13. The molecule has 0 unspecified atom stereocenters. The molecular weight excluding hydrogens is 304 g/mol. The van der Waals surface area contributed by atoms with Gasteiger partial charge < -0.3 is 20.0 Å². The number of rotatable bonds is 2. The molecule has 0 aromatic rings. The lowest BCUT2D eigenvalue weighted by Gasteiger charge is -2.33. The van der Waals surface area contributed by atoms with Crippen molar-refractivity contribution in [3.63, 3.8) is 0 Å². The molecule has 1 N–H and O–H groups in total. The molecule has 0 saturated carbocycles. The summed E-state index contributed by atoms with van der Waals surface area (Å²) in [4.78, 5) is 29.1. The number of hydrogen-bond donors (Lipinski definition) is 1. The van der Waals surface area contributed by atoms with Crippen molar-refractivity contribution in [2.24, 2.45) is 11.8 Å². The lowest BCUT2D eigenvalue weighted by molar-refractivity contribution is -0.136. The van der Waals surface area contributed by atoms with Gasteiger partial charge in [0.2, 0.25) is 11.8 Å². The molecule has 2 fully saturated rings. The number of amides is 2. The molecule has 0 bridgehead atoms. The smallest absolute Gasteiger partial charge is 0.225 e. The van der Waals surface area contributed by atoms with Crippen LogP contribution in [0.25, 0.3) is 0 Å². The first-order chi connectivity index (χ1) is 10.8. The Morgan fingerprint density at radius 2 is 1.12 bits per heavy atom. The van der Waals surface area contributed by atoms with Gasteiger partial charge in [-0.25, -0.2) is 0 Å². The van der Waals surface area contributed by atoms with Gasteiger partial charge in [-0.05, 0) is 7.05 Å². The van der Waals surface area contributed by atoms with E-state index in [4.69, 9.17) is 0 Å². The second-order valence-corrected chi connectivity index (χ2v) is 7.01. The van der Waals surface area contributed by atoms with Crippen LogP contribution < -0.4 is 5.32 Å². The minimum Gasteiger partial charge on any atom is -0.340 e. The summed E-state index contributed by atoms with van der Waals surface area (Å²) < 4.78 is 0. The predicted molar refractivity (Wildman–Crippen MR) is 99.9 cm³/mol. The fourth-order valence-electron chi connectivity index (χ4n) is 2.64. The Morgan fingerprint density at radius 3 is 1.50 bits per heavy atom. The largest absolute Gasteiger partial charge is 0.340 e. The average molecular weight is 343 g/mol. The number of piperazine rings is 2. The standard InChI is InChI=1S/C9H18N2O.C8H16N2O.CH4/c1-8(2)9(12)11-6-4-10(3)5-7-11;1-7(2)8(11)10-5-3-9-4-6-10;/h8H,4-7H2,1-3H3;7,9H,3-6H2,1-2H3;1H4. The summed E-state index contributed by atoms with van der Waals surface area (Å²) in [5, 5.41) is 3.21. The fraction of sp³-hybridized carbons (Fsp3) is 0.889. The van der Waals surface area contributed by atoms with E-state index >= 15 is 0 Å². The normalized spacial score (nSPS) is 18.8. The molecule has 2 amide bonds. The van der Waals surface area contributed by atoms with Crippen molar-refractivity contribution in [2.75, 3.05) is 59.4 Å². The number of likely N-dealkylation sites (N-methyl/N-ethyl adjacent to an activating group) is 1. The van der Waals surface area contributed by atoms with Crippen LogP contribution in [-0.4, -0.2) is 85.9 Å². The molecule has 142 valence electrons. The van der Waals surface area contributed by atoms with Crippen LogP contribution in [0.5, 0.6) is 0 Å². The maximum absolute atomic E-state index is 11.5. The topological polar surface area (TPSA) is 55.9 Å². The SMILES string of the molecule is C.CC(C)C(=O)N1CCN(C)CC1.CC(C)C(=O)N1CCNCC1. The van der Waals surface area contributed by atoms with Crippen molar-refractivity contribution >= 4 is 11.8 Å². The molecule has 0 atom stereocenters. The summed E-state index contributed by atoms with van der Waals surface area (Å²) >= 11 is 0. The van der Waals surface area contributed by atoms with Crippen LogP contribution >= 0.6 is 0 Å². The molecule has 0 radical (unpaired) electrons. The Labute approximate surface area is 148 Å². The van der Waals surface area contributed by atoms with Crippen LogP contribution in [0.4, 0.5) is 0 Å². The molecular formula is C18H38N4O2. The minimum atomic E-state index is 0. The zero-order valence-corrected chi connectivity index (χ0v) is 15.5. The van der Waals surface area contributed by atoms with Gasteiger partial charge in [0.15, 0.2) is 0 Å². The van der Waals surface area contributed by atoms with Crippen molar-refractivity contribution in [3.8, 4) is 0 Å². The number of carbonyl (C=O) groups excluding carboxylic acids is 2. The third-order valence-electron chi connectivity index (χ3n) is 4.23. The summed E-state index contributed by atoms with van der Waals surface area (Å²) in [7, 11) is 2.09. The zero-order chi connectivity index (χ0) is 17.4. The molecule has 24 heavy (non-hydrogen) atoms. The Morgan fingerprint density at radius 1 is 0.750 bits per heavy atom. The molecule has 2 aliphatic rings. The Balaban J connectivity index is 0.000000425. The number of carbonyl (C=O) groups is 2. The van der Waals surface area contributed by atoms with E-state index in [0.717, 1.165) is 52.4 Å². The van der Waals surface area contributed by atoms with E-state index in [0.29, 0.717) is 5.91 Å². The Kier molecular flexibility index (Phi) is 10.9. The highest BCUT2D eigenvalue weighted by Gasteiger charge is 2.20. The van der Waals surface area contributed by atoms with Crippen molar-refractivity contribution in [1.82, 2.24) is 20.0 Å². The first-order valence-corrected chi connectivity index (χ1v) is 8.79. The Bertz CT molecular complexity index is 371. The molecule has 0 aliphatic carbocycles. The summed E-state index contributed by atoms with van der Waals surface area (Å²) in [6.45, 7) is 15.3. The summed E-state index contributed by atoms with van der Waals surface area (Å²) in [5.74, 6) is 0.871. The molecule has 2 saturated heterocycles. The lowest BCUT2D eigenvalue weighted by atomic mass is 10.2. The van der Waals surface area contributed by atoms with E-state index in [1.807, 2.05) is 37.5 Å². The van der Waals surface area contributed by atoms with E-state index < -0.39 is 0 Å². The van der Waals surface area contributed by atoms with Crippen LogP contribution in [0.15, 0.2) is 0 Å². The molecule has 6 nitrogen and oxygen atoms in total.